The van der Waals surface area contributed by atoms with Gasteiger partial charge in [0.1, 0.15) is 0 Å². The predicted molar refractivity (Wildman–Crippen MR) is 171 cm³/mol. The average molecular weight is 505 g/mol. The molecule has 0 aromatic heterocycles. The van der Waals surface area contributed by atoms with Crippen LogP contribution in [0, 0.1) is 48.5 Å². The van der Waals surface area contributed by atoms with Crippen molar-refractivity contribution >= 4 is 21.5 Å². The molecule has 0 heterocycles. The fourth-order valence-corrected chi connectivity index (χ4v) is 6.86. The summed E-state index contributed by atoms with van der Waals surface area (Å²) in [6.45, 7) is 15.5. The molecule has 0 aliphatic carbocycles. The summed E-state index contributed by atoms with van der Waals surface area (Å²) in [6.07, 6.45) is 0. The second-order valence-corrected chi connectivity index (χ2v) is 11.5. The number of benzene rings is 6. The van der Waals surface area contributed by atoms with Crippen molar-refractivity contribution in [3.8, 4) is 33.4 Å². The van der Waals surface area contributed by atoms with E-state index in [9.17, 15) is 0 Å². The Kier molecular flexibility index (Phi) is 6.15. The van der Waals surface area contributed by atoms with Crippen LogP contribution in [-0.4, -0.2) is 0 Å². The molecule has 0 saturated carbocycles. The molecule has 0 radical (unpaired) electrons. The van der Waals surface area contributed by atoms with Gasteiger partial charge in [-0.05, 0) is 149 Å². The van der Waals surface area contributed by atoms with E-state index < -0.39 is 0 Å². The van der Waals surface area contributed by atoms with Gasteiger partial charge in [0.2, 0.25) is 0 Å². The standard InChI is InChI=1S/C39H36/c1-23-16-26(4)37(27(5)17-23)30-12-14-35-32(20-30)22-33-21-31(38-28(6)18-24(2)19-29(38)7)13-15-36(33)39(35)34-11-9-8-10-25(34)3/h8-22H,1-7H3. The molecule has 39 heavy (non-hydrogen) atoms. The third-order valence-corrected chi connectivity index (χ3v) is 8.30. The highest BCUT2D eigenvalue weighted by Crippen LogP contribution is 2.42. The van der Waals surface area contributed by atoms with Crippen LogP contribution < -0.4 is 0 Å². The van der Waals surface area contributed by atoms with Crippen molar-refractivity contribution in [1.82, 2.24) is 0 Å². The summed E-state index contributed by atoms with van der Waals surface area (Å²) in [5, 5.41) is 5.18. The molecule has 0 nitrogen and oxygen atoms in total. The Morgan fingerprint density at radius 2 is 0.795 bits per heavy atom. The van der Waals surface area contributed by atoms with Gasteiger partial charge in [-0.3, -0.25) is 0 Å². The van der Waals surface area contributed by atoms with Gasteiger partial charge in [-0.25, -0.2) is 0 Å². The summed E-state index contributed by atoms with van der Waals surface area (Å²) >= 11 is 0. The molecule has 0 heteroatoms. The number of hydrogen-bond acceptors (Lipinski definition) is 0. The zero-order valence-electron chi connectivity index (χ0n) is 24.2. The number of hydrogen-bond donors (Lipinski definition) is 0. The van der Waals surface area contributed by atoms with Crippen molar-refractivity contribution in [2.75, 3.05) is 0 Å². The first-order valence-corrected chi connectivity index (χ1v) is 13.9. The number of rotatable bonds is 3. The van der Waals surface area contributed by atoms with Crippen molar-refractivity contribution in [3.05, 3.63) is 130 Å². The van der Waals surface area contributed by atoms with Crippen molar-refractivity contribution < 1.29 is 0 Å². The lowest BCUT2D eigenvalue weighted by molar-refractivity contribution is 1.32. The van der Waals surface area contributed by atoms with E-state index in [-0.39, 0.29) is 0 Å². The molecule has 0 unspecified atom stereocenters. The van der Waals surface area contributed by atoms with Crippen LogP contribution in [0.15, 0.2) is 91.0 Å². The molecule has 6 rings (SSSR count). The van der Waals surface area contributed by atoms with Crippen LogP contribution in [-0.2, 0) is 0 Å². The van der Waals surface area contributed by atoms with Gasteiger partial charge in [0, 0.05) is 0 Å². The Labute approximate surface area is 233 Å². The monoisotopic (exact) mass is 504 g/mol. The highest BCUT2D eigenvalue weighted by atomic mass is 14.2. The van der Waals surface area contributed by atoms with Gasteiger partial charge in [0.05, 0.1) is 0 Å². The van der Waals surface area contributed by atoms with Crippen molar-refractivity contribution in [3.63, 3.8) is 0 Å². The molecule has 0 bridgehead atoms. The van der Waals surface area contributed by atoms with Crippen LogP contribution in [0.1, 0.15) is 38.9 Å². The molecule has 0 spiro atoms. The number of aryl methyl sites for hydroxylation is 7. The molecular formula is C39H36. The van der Waals surface area contributed by atoms with Crippen LogP contribution in [0.3, 0.4) is 0 Å². The van der Waals surface area contributed by atoms with Crippen LogP contribution in [0.5, 0.6) is 0 Å². The van der Waals surface area contributed by atoms with E-state index in [2.05, 4.69) is 139 Å². The second-order valence-electron chi connectivity index (χ2n) is 11.5. The molecule has 6 aromatic rings. The van der Waals surface area contributed by atoms with Crippen molar-refractivity contribution in [2.24, 2.45) is 0 Å². The predicted octanol–water partition coefficient (Wildman–Crippen LogP) is 11.2. The van der Waals surface area contributed by atoms with E-state index in [0.717, 1.165) is 0 Å². The zero-order valence-corrected chi connectivity index (χ0v) is 24.2. The van der Waals surface area contributed by atoms with Gasteiger partial charge in [0.25, 0.3) is 0 Å². The largest absolute Gasteiger partial charge is 0.0620 e. The van der Waals surface area contributed by atoms with E-state index in [1.165, 1.54) is 93.9 Å². The Hall–Kier alpha value is -4.16. The summed E-state index contributed by atoms with van der Waals surface area (Å²) in [4.78, 5) is 0. The Bertz CT molecular complexity index is 1750. The molecule has 0 N–H and O–H groups in total. The Balaban J connectivity index is 1.67. The van der Waals surface area contributed by atoms with Gasteiger partial charge in [-0.2, -0.15) is 0 Å². The lowest BCUT2D eigenvalue weighted by atomic mass is 9.86. The smallest absolute Gasteiger partial charge is 0.00241 e. The third kappa shape index (κ3) is 4.35. The van der Waals surface area contributed by atoms with Gasteiger partial charge in [0.15, 0.2) is 0 Å². The SMILES string of the molecule is Cc1cc(C)c(-c2ccc3c(-c4ccccc4C)c4ccc(-c5c(C)cc(C)cc5C)cc4cc3c2)c(C)c1. The minimum atomic E-state index is 1.28. The van der Waals surface area contributed by atoms with Gasteiger partial charge in [-0.15, -0.1) is 0 Å². The third-order valence-electron chi connectivity index (χ3n) is 8.30. The summed E-state index contributed by atoms with van der Waals surface area (Å²) in [6, 6.07) is 34.5. The van der Waals surface area contributed by atoms with Crippen LogP contribution in [0.25, 0.3) is 54.9 Å². The average Bonchev–Trinajstić information content (AvgIpc) is 2.86. The fraction of sp³-hybridized carbons (Fsp3) is 0.179. The minimum Gasteiger partial charge on any atom is -0.0620 e. The Morgan fingerprint density at radius 1 is 0.359 bits per heavy atom. The van der Waals surface area contributed by atoms with E-state index in [4.69, 9.17) is 0 Å². The zero-order chi connectivity index (χ0) is 27.4. The van der Waals surface area contributed by atoms with Gasteiger partial charge in [-0.1, -0.05) is 83.9 Å². The van der Waals surface area contributed by atoms with Crippen LogP contribution in [0.4, 0.5) is 0 Å². The first-order chi connectivity index (χ1) is 18.7. The minimum absolute atomic E-state index is 1.28. The molecule has 6 aromatic carbocycles. The molecule has 0 aliphatic rings. The molecule has 192 valence electrons. The van der Waals surface area contributed by atoms with Gasteiger partial charge < -0.3 is 0 Å². The molecular weight excluding hydrogens is 468 g/mol. The first-order valence-electron chi connectivity index (χ1n) is 13.9. The lowest BCUT2D eigenvalue weighted by Crippen LogP contribution is -1.93. The normalized spacial score (nSPS) is 11.5. The fourth-order valence-electron chi connectivity index (χ4n) is 6.86. The summed E-state index contributed by atoms with van der Waals surface area (Å²) in [5.74, 6) is 0. The lowest BCUT2D eigenvalue weighted by Gasteiger charge is -2.18. The van der Waals surface area contributed by atoms with Crippen molar-refractivity contribution in [1.29, 1.82) is 0 Å². The number of fused-ring (bicyclic) bond motifs is 2. The molecule has 0 aliphatic heterocycles. The van der Waals surface area contributed by atoms with E-state index in [1.54, 1.807) is 0 Å². The summed E-state index contributed by atoms with van der Waals surface area (Å²) < 4.78 is 0. The highest BCUT2D eigenvalue weighted by molar-refractivity contribution is 6.14. The van der Waals surface area contributed by atoms with E-state index in [1.807, 2.05) is 0 Å². The molecule has 0 saturated heterocycles. The first kappa shape index (κ1) is 25.1. The topological polar surface area (TPSA) is 0 Å². The Morgan fingerprint density at radius 3 is 1.23 bits per heavy atom. The molecule has 0 fully saturated rings. The van der Waals surface area contributed by atoms with Gasteiger partial charge >= 0.3 is 0 Å². The quantitative estimate of drug-likeness (QED) is 0.210. The molecule has 0 amide bonds. The van der Waals surface area contributed by atoms with Crippen LogP contribution >= 0.6 is 0 Å². The van der Waals surface area contributed by atoms with Crippen LogP contribution in [0.2, 0.25) is 0 Å². The van der Waals surface area contributed by atoms with Crippen molar-refractivity contribution in [2.45, 2.75) is 48.5 Å². The summed E-state index contributed by atoms with van der Waals surface area (Å²) in [5.41, 5.74) is 17.2. The van der Waals surface area contributed by atoms with E-state index in [0.29, 0.717) is 0 Å². The maximum atomic E-state index is 2.40. The highest BCUT2D eigenvalue weighted by Gasteiger charge is 2.16. The second kappa shape index (κ2) is 9.54. The maximum Gasteiger partial charge on any atom is -0.00241 e. The summed E-state index contributed by atoms with van der Waals surface area (Å²) in [7, 11) is 0. The maximum absolute atomic E-state index is 2.40. The van der Waals surface area contributed by atoms with E-state index >= 15 is 0 Å². The molecule has 0 atom stereocenters.